The molecule has 114 valence electrons. The van der Waals surface area contributed by atoms with Crippen LogP contribution in [0, 0.1) is 10.1 Å². The maximum absolute atomic E-state index is 11.5. The molecule has 1 aromatic carbocycles. The van der Waals surface area contributed by atoms with Crippen molar-refractivity contribution in [3.05, 3.63) is 33.9 Å². The molecule has 1 saturated heterocycles. The number of rotatable bonds is 4. The highest BCUT2D eigenvalue weighted by Gasteiger charge is 2.39. The summed E-state index contributed by atoms with van der Waals surface area (Å²) in [6.07, 6.45) is 0. The molecule has 8 nitrogen and oxygen atoms in total. The predicted octanol–water partition coefficient (Wildman–Crippen LogP) is 0.943. The number of esters is 1. The van der Waals surface area contributed by atoms with Crippen molar-refractivity contribution in [1.82, 2.24) is 0 Å². The molecule has 2 atom stereocenters. The molecule has 1 heterocycles. The third kappa shape index (κ3) is 3.11. The molecule has 0 saturated carbocycles. The van der Waals surface area contributed by atoms with E-state index >= 15 is 0 Å². The molecule has 0 radical (unpaired) electrons. The molecule has 8 heteroatoms. The number of nitrogens with zero attached hydrogens (tertiary/aromatic N) is 1. The van der Waals surface area contributed by atoms with Crippen LogP contribution in [0.4, 0.5) is 11.4 Å². The van der Waals surface area contributed by atoms with Gasteiger partial charge in [0.05, 0.1) is 36.9 Å². The van der Waals surface area contributed by atoms with Crippen LogP contribution in [-0.2, 0) is 9.47 Å². The Bertz CT molecular complexity index is 572. The average Bonchev–Trinajstić information content (AvgIpc) is 2.76. The van der Waals surface area contributed by atoms with Gasteiger partial charge in [-0.1, -0.05) is 0 Å². The van der Waals surface area contributed by atoms with Crippen LogP contribution in [0.5, 0.6) is 0 Å². The number of hydrogen-bond acceptors (Lipinski definition) is 7. The summed E-state index contributed by atoms with van der Waals surface area (Å²) in [6, 6.07) is 3.36. The Morgan fingerprint density at radius 1 is 1.62 bits per heavy atom. The predicted molar refractivity (Wildman–Crippen MR) is 73.3 cm³/mol. The lowest BCUT2D eigenvalue weighted by Crippen LogP contribution is -2.43. The van der Waals surface area contributed by atoms with Crippen molar-refractivity contribution in [2.75, 3.05) is 25.6 Å². The lowest BCUT2D eigenvalue weighted by atomic mass is 10.00. The quantitative estimate of drug-likeness (QED) is 0.483. The summed E-state index contributed by atoms with van der Waals surface area (Å²) in [4.78, 5) is 22.0. The normalized spacial score (nSPS) is 24.6. The summed E-state index contributed by atoms with van der Waals surface area (Å²) in [7, 11) is 1.23. The molecule has 2 rings (SSSR count). The standard InChI is InChI=1S/C13H16N2O6/c1-13(17)7-21-6-11(13)14-9-5-8(12(16)20-2)3-4-10(9)15(18)19/h3-5,11,14,17H,6-7H2,1-2H3/t11-,13-/m1/s1. The van der Waals surface area contributed by atoms with E-state index in [-0.39, 0.29) is 30.2 Å². The number of carbonyl (C=O) groups is 1. The summed E-state index contributed by atoms with van der Waals surface area (Å²) in [5.74, 6) is -0.595. The highest BCUT2D eigenvalue weighted by Crippen LogP contribution is 2.30. The first kappa shape index (κ1) is 15.2. The third-order valence-corrected chi connectivity index (χ3v) is 3.37. The molecule has 1 fully saturated rings. The minimum atomic E-state index is -1.14. The Labute approximate surface area is 120 Å². The number of nitrogens with one attached hydrogen (secondary N) is 1. The molecular weight excluding hydrogens is 280 g/mol. The maximum atomic E-state index is 11.5. The Kier molecular flexibility index (Phi) is 4.10. The third-order valence-electron chi connectivity index (χ3n) is 3.37. The molecule has 0 unspecified atom stereocenters. The molecular formula is C13H16N2O6. The summed E-state index contributed by atoms with van der Waals surface area (Å²) >= 11 is 0. The van der Waals surface area contributed by atoms with Gasteiger partial charge < -0.3 is 19.9 Å². The Morgan fingerprint density at radius 2 is 2.33 bits per heavy atom. The van der Waals surface area contributed by atoms with Crippen LogP contribution in [0.1, 0.15) is 17.3 Å². The van der Waals surface area contributed by atoms with Crippen molar-refractivity contribution in [3.8, 4) is 0 Å². The summed E-state index contributed by atoms with van der Waals surface area (Å²) in [6.45, 7) is 1.93. The maximum Gasteiger partial charge on any atom is 0.337 e. The van der Waals surface area contributed by atoms with Crippen molar-refractivity contribution in [2.24, 2.45) is 0 Å². The average molecular weight is 296 g/mol. The van der Waals surface area contributed by atoms with Gasteiger partial charge in [-0.3, -0.25) is 10.1 Å². The van der Waals surface area contributed by atoms with Crippen molar-refractivity contribution >= 4 is 17.3 Å². The zero-order chi connectivity index (χ0) is 15.6. The first-order valence-corrected chi connectivity index (χ1v) is 6.28. The van der Waals surface area contributed by atoms with Gasteiger partial charge in [0.15, 0.2) is 0 Å². The van der Waals surface area contributed by atoms with Gasteiger partial charge in [0.25, 0.3) is 5.69 Å². The van der Waals surface area contributed by atoms with Crippen LogP contribution < -0.4 is 5.32 Å². The number of methoxy groups -OCH3 is 1. The first-order valence-electron chi connectivity index (χ1n) is 6.28. The fourth-order valence-corrected chi connectivity index (χ4v) is 2.10. The highest BCUT2D eigenvalue weighted by atomic mass is 16.6. The van der Waals surface area contributed by atoms with Crippen molar-refractivity contribution in [2.45, 2.75) is 18.6 Å². The number of ether oxygens (including phenoxy) is 2. The molecule has 2 N–H and O–H groups in total. The van der Waals surface area contributed by atoms with Gasteiger partial charge in [0.1, 0.15) is 11.3 Å². The number of carbonyl (C=O) groups excluding carboxylic acids is 1. The molecule has 0 bridgehead atoms. The van der Waals surface area contributed by atoms with Crippen molar-refractivity contribution in [3.63, 3.8) is 0 Å². The second-order valence-corrected chi connectivity index (χ2v) is 5.05. The van der Waals surface area contributed by atoms with Gasteiger partial charge in [-0.2, -0.15) is 0 Å². The molecule has 1 aliphatic heterocycles. The minimum Gasteiger partial charge on any atom is -0.465 e. The largest absolute Gasteiger partial charge is 0.465 e. The SMILES string of the molecule is COC(=O)c1ccc([N+](=O)[O-])c(N[C@@H]2COC[C@@]2(C)O)c1. The smallest absolute Gasteiger partial charge is 0.337 e. The zero-order valence-corrected chi connectivity index (χ0v) is 11.7. The first-order chi connectivity index (χ1) is 9.85. The summed E-state index contributed by atoms with van der Waals surface area (Å²) < 4.78 is 9.76. The number of benzene rings is 1. The van der Waals surface area contributed by atoms with Gasteiger partial charge in [-0.25, -0.2) is 4.79 Å². The number of aliphatic hydroxyl groups is 1. The molecule has 1 aliphatic rings. The second-order valence-electron chi connectivity index (χ2n) is 5.05. The van der Waals surface area contributed by atoms with Crippen molar-refractivity contribution in [1.29, 1.82) is 0 Å². The molecule has 0 aromatic heterocycles. The van der Waals surface area contributed by atoms with Crippen LogP contribution in [0.15, 0.2) is 18.2 Å². The van der Waals surface area contributed by atoms with Gasteiger partial charge in [-0.05, 0) is 19.1 Å². The Hall–Kier alpha value is -2.19. The van der Waals surface area contributed by atoms with E-state index in [9.17, 15) is 20.0 Å². The van der Waals surface area contributed by atoms with Crippen LogP contribution >= 0.6 is 0 Å². The lowest BCUT2D eigenvalue weighted by Gasteiger charge is -2.25. The Balaban J connectivity index is 2.35. The summed E-state index contributed by atoms with van der Waals surface area (Å²) in [5, 5.41) is 24.1. The number of nitro benzene ring substituents is 1. The number of nitro groups is 1. The van der Waals surface area contributed by atoms with Crippen LogP contribution in [0.3, 0.4) is 0 Å². The van der Waals surface area contributed by atoms with Gasteiger partial charge in [0, 0.05) is 6.07 Å². The second kappa shape index (κ2) is 5.66. The van der Waals surface area contributed by atoms with E-state index in [1.54, 1.807) is 6.92 Å². The molecule has 1 aromatic rings. The summed E-state index contributed by atoms with van der Waals surface area (Å²) in [5.41, 5.74) is -1.01. The van der Waals surface area contributed by atoms with Gasteiger partial charge in [-0.15, -0.1) is 0 Å². The number of anilines is 1. The topological polar surface area (TPSA) is 111 Å². The van der Waals surface area contributed by atoms with E-state index < -0.39 is 22.5 Å². The molecule has 0 aliphatic carbocycles. The number of hydrogen-bond donors (Lipinski definition) is 2. The van der Waals surface area contributed by atoms with Crippen LogP contribution in [0.25, 0.3) is 0 Å². The van der Waals surface area contributed by atoms with Gasteiger partial charge >= 0.3 is 5.97 Å². The molecule has 0 amide bonds. The van der Waals surface area contributed by atoms with Gasteiger partial charge in [0.2, 0.25) is 0 Å². The van der Waals surface area contributed by atoms with E-state index in [1.165, 1.54) is 25.3 Å². The van der Waals surface area contributed by atoms with E-state index in [1.807, 2.05) is 0 Å². The Morgan fingerprint density at radius 3 is 2.86 bits per heavy atom. The fraction of sp³-hybridized carbons (Fsp3) is 0.462. The zero-order valence-electron chi connectivity index (χ0n) is 11.7. The minimum absolute atomic E-state index is 0.134. The van der Waals surface area contributed by atoms with E-state index in [2.05, 4.69) is 10.1 Å². The van der Waals surface area contributed by atoms with Crippen LogP contribution in [0.2, 0.25) is 0 Å². The van der Waals surface area contributed by atoms with Crippen LogP contribution in [-0.4, -0.2) is 48.0 Å². The lowest BCUT2D eigenvalue weighted by molar-refractivity contribution is -0.384. The fourth-order valence-electron chi connectivity index (χ4n) is 2.10. The molecule has 0 spiro atoms. The van der Waals surface area contributed by atoms with Crippen molar-refractivity contribution < 1.29 is 24.3 Å². The van der Waals surface area contributed by atoms with E-state index in [0.29, 0.717) is 0 Å². The van der Waals surface area contributed by atoms with E-state index in [0.717, 1.165) is 0 Å². The molecule has 21 heavy (non-hydrogen) atoms. The van der Waals surface area contributed by atoms with E-state index in [4.69, 9.17) is 4.74 Å². The highest BCUT2D eigenvalue weighted by molar-refractivity contribution is 5.91. The monoisotopic (exact) mass is 296 g/mol.